The van der Waals surface area contributed by atoms with Crippen molar-refractivity contribution in [2.45, 2.75) is 118 Å². The maximum atomic E-state index is 2.47. The summed E-state index contributed by atoms with van der Waals surface area (Å²) >= 11 is 0. The van der Waals surface area contributed by atoms with Gasteiger partial charge >= 0.3 is 0 Å². The van der Waals surface area contributed by atoms with Gasteiger partial charge in [-0.15, -0.1) is 0 Å². The number of rotatable bonds is 7. The topological polar surface area (TPSA) is 0 Å². The first kappa shape index (κ1) is 24.7. The fourth-order valence-electron chi connectivity index (χ4n) is 4.52. The van der Waals surface area contributed by atoms with E-state index in [0.717, 1.165) is 0 Å². The van der Waals surface area contributed by atoms with Crippen molar-refractivity contribution in [3.05, 3.63) is 69.8 Å². The molecule has 0 nitrogen and oxygen atoms in total. The molecule has 0 atom stereocenters. The van der Waals surface area contributed by atoms with Crippen molar-refractivity contribution >= 4 is 0 Å². The molecule has 0 N–H and O–H groups in total. The molecule has 0 heteroatoms. The van der Waals surface area contributed by atoms with Crippen LogP contribution >= 0.6 is 0 Å². The van der Waals surface area contributed by atoms with Gasteiger partial charge in [0.25, 0.3) is 0 Å². The first-order valence-corrected chi connectivity index (χ1v) is 12.1. The minimum atomic E-state index is 0.214. The van der Waals surface area contributed by atoms with E-state index in [2.05, 4.69) is 106 Å². The van der Waals surface area contributed by atoms with Gasteiger partial charge in [-0.05, 0) is 81.7 Å². The lowest BCUT2D eigenvalue weighted by atomic mass is 9.79. The van der Waals surface area contributed by atoms with Crippen molar-refractivity contribution in [1.82, 2.24) is 0 Å². The van der Waals surface area contributed by atoms with E-state index in [9.17, 15) is 0 Å². The minimum Gasteiger partial charge on any atom is -0.0587 e. The van der Waals surface area contributed by atoms with Crippen LogP contribution < -0.4 is 0 Å². The summed E-state index contributed by atoms with van der Waals surface area (Å²) in [4.78, 5) is 0. The Kier molecular flexibility index (Phi) is 8.00. The van der Waals surface area contributed by atoms with Crippen molar-refractivity contribution in [2.24, 2.45) is 0 Å². The van der Waals surface area contributed by atoms with Crippen molar-refractivity contribution in [3.63, 3.8) is 0 Å². The molecular weight excluding hydrogens is 360 g/mol. The van der Waals surface area contributed by atoms with E-state index in [1.54, 1.807) is 0 Å². The van der Waals surface area contributed by atoms with Gasteiger partial charge in [0.1, 0.15) is 0 Å². The quantitative estimate of drug-likeness (QED) is 0.402. The van der Waals surface area contributed by atoms with Crippen LogP contribution in [0.1, 0.15) is 127 Å². The third kappa shape index (κ3) is 6.47. The predicted octanol–water partition coefficient (Wildman–Crippen LogP) is 9.09. The van der Waals surface area contributed by atoms with E-state index in [4.69, 9.17) is 0 Å². The molecule has 0 bridgehead atoms. The van der Waals surface area contributed by atoms with E-state index in [-0.39, 0.29) is 10.8 Å². The molecule has 0 fully saturated rings. The summed E-state index contributed by atoms with van der Waals surface area (Å²) in [6.07, 6.45) is 4.87. The van der Waals surface area contributed by atoms with Gasteiger partial charge in [-0.25, -0.2) is 0 Å². The monoisotopic (exact) mass is 406 g/mol. The molecule has 0 spiro atoms. The van der Waals surface area contributed by atoms with Gasteiger partial charge in [0, 0.05) is 0 Å². The molecule has 30 heavy (non-hydrogen) atoms. The summed E-state index contributed by atoms with van der Waals surface area (Å²) in [6, 6.07) is 14.4. The highest BCUT2D eigenvalue weighted by Gasteiger charge is 2.20. The van der Waals surface area contributed by atoms with E-state index >= 15 is 0 Å². The summed E-state index contributed by atoms with van der Waals surface area (Å²) in [5, 5.41) is 0. The average molecular weight is 407 g/mol. The van der Waals surface area contributed by atoms with Crippen molar-refractivity contribution in [1.29, 1.82) is 0 Å². The number of benzene rings is 2. The van der Waals surface area contributed by atoms with Crippen LogP contribution in [0.4, 0.5) is 0 Å². The molecule has 166 valence electrons. The van der Waals surface area contributed by atoms with Gasteiger partial charge in [0.2, 0.25) is 0 Å². The van der Waals surface area contributed by atoms with Crippen LogP contribution in [0.25, 0.3) is 0 Å². The van der Waals surface area contributed by atoms with Crippen LogP contribution in [0, 0.1) is 0 Å². The largest absolute Gasteiger partial charge is 0.0587 e. The standard InChI is InChI=1S/C30H46/c1-21(2)25-19-23(15-17-27(25)29(5,6)7)13-11-12-14-24-16-18-28(30(8,9)10)26(20-24)22(3)4/h15-22H,11-14H2,1-10H3. The maximum absolute atomic E-state index is 2.47. The summed E-state index contributed by atoms with van der Waals surface area (Å²) in [7, 11) is 0. The van der Waals surface area contributed by atoms with Crippen molar-refractivity contribution in [2.75, 3.05) is 0 Å². The Morgan fingerprint density at radius 2 is 0.900 bits per heavy atom. The van der Waals surface area contributed by atoms with Gasteiger partial charge < -0.3 is 0 Å². The van der Waals surface area contributed by atoms with Crippen molar-refractivity contribution < 1.29 is 0 Å². The molecule has 0 aliphatic carbocycles. The van der Waals surface area contributed by atoms with Crippen molar-refractivity contribution in [3.8, 4) is 0 Å². The molecule has 2 aromatic carbocycles. The third-order valence-electron chi connectivity index (χ3n) is 6.27. The average Bonchev–Trinajstić information content (AvgIpc) is 2.63. The van der Waals surface area contributed by atoms with E-state index < -0.39 is 0 Å². The zero-order chi connectivity index (χ0) is 22.7. The highest BCUT2D eigenvalue weighted by Crippen LogP contribution is 2.33. The zero-order valence-corrected chi connectivity index (χ0v) is 21.4. The molecule has 0 aromatic heterocycles. The van der Waals surface area contributed by atoms with Crippen LogP contribution in [0.5, 0.6) is 0 Å². The molecule has 0 saturated heterocycles. The van der Waals surface area contributed by atoms with Gasteiger partial charge in [0.05, 0.1) is 0 Å². The normalized spacial score (nSPS) is 12.8. The Morgan fingerprint density at radius 3 is 1.17 bits per heavy atom. The second-order valence-electron chi connectivity index (χ2n) is 11.9. The second kappa shape index (κ2) is 9.71. The van der Waals surface area contributed by atoms with E-state index in [0.29, 0.717) is 11.8 Å². The molecule has 0 saturated carbocycles. The van der Waals surface area contributed by atoms with E-state index in [1.165, 1.54) is 59.1 Å². The Morgan fingerprint density at radius 1 is 0.567 bits per heavy atom. The fourth-order valence-corrected chi connectivity index (χ4v) is 4.52. The summed E-state index contributed by atoms with van der Waals surface area (Å²) in [5.74, 6) is 1.16. The predicted molar refractivity (Wildman–Crippen MR) is 135 cm³/mol. The van der Waals surface area contributed by atoms with Gasteiger partial charge in [0.15, 0.2) is 0 Å². The fraction of sp³-hybridized carbons (Fsp3) is 0.600. The molecule has 0 amide bonds. The third-order valence-corrected chi connectivity index (χ3v) is 6.27. The molecule has 0 aliphatic rings. The van der Waals surface area contributed by atoms with Crippen LogP contribution in [-0.2, 0) is 23.7 Å². The lowest BCUT2D eigenvalue weighted by Gasteiger charge is -2.26. The Bertz CT molecular complexity index is 751. The number of unbranched alkanes of at least 4 members (excludes halogenated alkanes) is 1. The van der Waals surface area contributed by atoms with Crippen LogP contribution in [0.15, 0.2) is 36.4 Å². The maximum Gasteiger partial charge on any atom is -0.0129 e. The lowest BCUT2D eigenvalue weighted by molar-refractivity contribution is 0.575. The minimum absolute atomic E-state index is 0.214. The second-order valence-corrected chi connectivity index (χ2v) is 11.9. The molecule has 2 rings (SSSR count). The van der Waals surface area contributed by atoms with Gasteiger partial charge in [-0.2, -0.15) is 0 Å². The first-order chi connectivity index (χ1) is 13.8. The zero-order valence-electron chi connectivity index (χ0n) is 21.4. The summed E-state index contributed by atoms with van der Waals surface area (Å²) in [5.41, 5.74) is 9.48. The number of aryl methyl sites for hydroxylation is 2. The van der Waals surface area contributed by atoms with Crippen LogP contribution in [-0.4, -0.2) is 0 Å². The van der Waals surface area contributed by atoms with Crippen LogP contribution in [0.2, 0.25) is 0 Å². The Hall–Kier alpha value is -1.56. The molecule has 2 aromatic rings. The van der Waals surface area contributed by atoms with E-state index in [1.807, 2.05) is 0 Å². The summed E-state index contributed by atoms with van der Waals surface area (Å²) < 4.78 is 0. The number of hydrogen-bond donors (Lipinski definition) is 0. The molecule has 0 heterocycles. The lowest BCUT2D eigenvalue weighted by Crippen LogP contribution is -2.15. The van der Waals surface area contributed by atoms with Crippen LogP contribution in [0.3, 0.4) is 0 Å². The van der Waals surface area contributed by atoms with Gasteiger partial charge in [-0.1, -0.05) is 106 Å². The first-order valence-electron chi connectivity index (χ1n) is 12.1. The summed E-state index contributed by atoms with van der Waals surface area (Å²) in [6.45, 7) is 23.2. The molecular formula is C30H46. The Balaban J connectivity index is 2.03. The number of hydrogen-bond acceptors (Lipinski definition) is 0. The molecule has 0 radical (unpaired) electrons. The smallest absolute Gasteiger partial charge is 0.0129 e. The Labute approximate surface area is 187 Å². The van der Waals surface area contributed by atoms with Gasteiger partial charge in [-0.3, -0.25) is 0 Å². The molecule has 0 aliphatic heterocycles. The highest BCUT2D eigenvalue weighted by molar-refractivity contribution is 5.39. The highest BCUT2D eigenvalue weighted by atomic mass is 14.3. The SMILES string of the molecule is CC(C)c1cc(CCCCc2ccc(C(C)(C)C)c(C(C)C)c2)ccc1C(C)(C)C. The molecule has 0 unspecified atom stereocenters.